The number of hydrogen-bond acceptors (Lipinski definition) is 2. The molecule has 21 heavy (non-hydrogen) atoms. The summed E-state index contributed by atoms with van der Waals surface area (Å²) in [6.07, 6.45) is 8.19. The third-order valence-electron chi connectivity index (χ3n) is 4.79. The first kappa shape index (κ1) is 16.5. The zero-order valence-electron chi connectivity index (χ0n) is 13.9. The molecule has 0 amide bonds. The summed E-state index contributed by atoms with van der Waals surface area (Å²) >= 11 is 0. The van der Waals surface area contributed by atoms with Crippen molar-refractivity contribution in [1.29, 1.82) is 0 Å². The highest BCUT2D eigenvalue weighted by atomic mass is 16.5. The van der Waals surface area contributed by atoms with Gasteiger partial charge in [0.05, 0.1) is 6.10 Å². The highest BCUT2D eigenvalue weighted by Gasteiger charge is 2.30. The summed E-state index contributed by atoms with van der Waals surface area (Å²) in [5.74, 6) is 0.720. The van der Waals surface area contributed by atoms with Gasteiger partial charge in [-0.05, 0) is 44.2 Å². The van der Waals surface area contributed by atoms with Gasteiger partial charge in [-0.3, -0.25) is 0 Å². The Balaban J connectivity index is 2.07. The number of ether oxygens (including phenoxy) is 1. The summed E-state index contributed by atoms with van der Waals surface area (Å²) < 4.78 is 5.94. The quantitative estimate of drug-likeness (QED) is 0.815. The van der Waals surface area contributed by atoms with E-state index in [9.17, 15) is 0 Å². The van der Waals surface area contributed by atoms with Crippen LogP contribution in [0.2, 0.25) is 0 Å². The maximum atomic E-state index is 5.94. The van der Waals surface area contributed by atoms with Gasteiger partial charge in [0.2, 0.25) is 0 Å². The summed E-state index contributed by atoms with van der Waals surface area (Å²) in [7, 11) is 1.89. The molecular formula is C19H31NO. The minimum absolute atomic E-state index is 0.339. The Hall–Kier alpha value is -0.860. The van der Waals surface area contributed by atoms with Crippen LogP contribution in [0.5, 0.6) is 0 Å². The van der Waals surface area contributed by atoms with Crippen LogP contribution in [0.15, 0.2) is 24.3 Å². The molecule has 2 rings (SSSR count). The Morgan fingerprint density at radius 3 is 2.62 bits per heavy atom. The molecule has 0 saturated heterocycles. The molecule has 0 radical (unpaired) electrons. The molecule has 1 saturated carbocycles. The molecular weight excluding hydrogens is 258 g/mol. The van der Waals surface area contributed by atoms with Crippen molar-refractivity contribution in [1.82, 2.24) is 5.32 Å². The maximum absolute atomic E-state index is 5.94. The van der Waals surface area contributed by atoms with Gasteiger partial charge in [-0.1, -0.05) is 56.0 Å². The molecule has 1 aromatic carbocycles. The fraction of sp³-hybridized carbons (Fsp3) is 0.684. The molecule has 0 aliphatic heterocycles. The minimum atomic E-state index is 0.339. The zero-order chi connectivity index (χ0) is 15.1. The van der Waals surface area contributed by atoms with Crippen LogP contribution >= 0.6 is 0 Å². The molecule has 1 aliphatic rings. The van der Waals surface area contributed by atoms with Crippen molar-refractivity contribution in [2.75, 3.05) is 13.7 Å². The lowest BCUT2D eigenvalue weighted by Gasteiger charge is -2.35. The lowest BCUT2D eigenvalue weighted by Crippen LogP contribution is -2.47. The Morgan fingerprint density at radius 1 is 1.24 bits per heavy atom. The van der Waals surface area contributed by atoms with Crippen molar-refractivity contribution in [3.05, 3.63) is 35.4 Å². The van der Waals surface area contributed by atoms with Crippen LogP contribution in [0.1, 0.15) is 50.2 Å². The smallest absolute Gasteiger partial charge is 0.0755 e. The third kappa shape index (κ3) is 4.82. The largest absolute Gasteiger partial charge is 0.380 e. The summed E-state index contributed by atoms with van der Waals surface area (Å²) in [4.78, 5) is 0. The first-order valence-corrected chi connectivity index (χ1v) is 8.56. The number of nitrogens with one attached hydrogen (secondary N) is 1. The summed E-state index contributed by atoms with van der Waals surface area (Å²) in [5.41, 5.74) is 2.76. The normalized spacial score (nSPS) is 19.4. The van der Waals surface area contributed by atoms with Crippen LogP contribution < -0.4 is 5.32 Å². The van der Waals surface area contributed by atoms with Crippen molar-refractivity contribution in [2.45, 2.75) is 64.5 Å². The van der Waals surface area contributed by atoms with Crippen LogP contribution in [-0.4, -0.2) is 25.8 Å². The minimum Gasteiger partial charge on any atom is -0.380 e. The van der Waals surface area contributed by atoms with Gasteiger partial charge in [0.15, 0.2) is 0 Å². The lowest BCUT2D eigenvalue weighted by molar-refractivity contribution is 0.00869. The first-order chi connectivity index (χ1) is 10.2. The van der Waals surface area contributed by atoms with E-state index in [2.05, 4.69) is 43.4 Å². The second-order valence-corrected chi connectivity index (χ2v) is 6.46. The van der Waals surface area contributed by atoms with Crippen LogP contribution in [0.4, 0.5) is 0 Å². The maximum Gasteiger partial charge on any atom is 0.0755 e. The fourth-order valence-corrected chi connectivity index (χ4v) is 3.81. The third-order valence-corrected chi connectivity index (χ3v) is 4.79. The van der Waals surface area contributed by atoms with Crippen LogP contribution in [0, 0.1) is 12.8 Å². The Bertz CT molecular complexity index is 412. The average Bonchev–Trinajstić information content (AvgIpc) is 2.49. The fourth-order valence-electron chi connectivity index (χ4n) is 3.81. The van der Waals surface area contributed by atoms with Crippen molar-refractivity contribution >= 4 is 0 Å². The van der Waals surface area contributed by atoms with Gasteiger partial charge < -0.3 is 10.1 Å². The van der Waals surface area contributed by atoms with Gasteiger partial charge in [0.25, 0.3) is 0 Å². The molecule has 1 aromatic rings. The second kappa shape index (κ2) is 8.55. The topological polar surface area (TPSA) is 21.3 Å². The Labute approximate surface area is 130 Å². The average molecular weight is 289 g/mol. The summed E-state index contributed by atoms with van der Waals surface area (Å²) in [6, 6.07) is 9.30. The van der Waals surface area contributed by atoms with Crippen LogP contribution in [0.3, 0.4) is 0 Å². The number of methoxy groups -OCH3 is 1. The van der Waals surface area contributed by atoms with E-state index in [4.69, 9.17) is 4.74 Å². The molecule has 0 bridgehead atoms. The molecule has 0 spiro atoms. The molecule has 1 fully saturated rings. The molecule has 1 N–H and O–H groups in total. The molecule has 118 valence electrons. The van der Waals surface area contributed by atoms with Crippen molar-refractivity contribution in [3.8, 4) is 0 Å². The van der Waals surface area contributed by atoms with Gasteiger partial charge >= 0.3 is 0 Å². The molecule has 1 aliphatic carbocycles. The standard InChI is InChI=1S/C19H31NO/c1-4-20-18(14-16-10-8-9-15(2)13-16)19(21-3)17-11-6-5-7-12-17/h8-10,13,17-20H,4-7,11-12,14H2,1-3H3. The van der Waals surface area contributed by atoms with Gasteiger partial charge in [-0.2, -0.15) is 0 Å². The van der Waals surface area contributed by atoms with Gasteiger partial charge in [-0.25, -0.2) is 0 Å². The number of hydrogen-bond donors (Lipinski definition) is 1. The SMILES string of the molecule is CCNC(Cc1cccc(C)c1)C(OC)C1CCCCC1. The van der Waals surface area contributed by atoms with Crippen molar-refractivity contribution in [2.24, 2.45) is 5.92 Å². The monoisotopic (exact) mass is 289 g/mol. The van der Waals surface area contributed by atoms with E-state index in [0.29, 0.717) is 12.1 Å². The molecule has 2 atom stereocenters. The summed E-state index contributed by atoms with van der Waals surface area (Å²) in [5, 5.41) is 3.67. The number of benzene rings is 1. The molecule has 2 heteroatoms. The summed E-state index contributed by atoms with van der Waals surface area (Å²) in [6.45, 7) is 5.36. The second-order valence-electron chi connectivity index (χ2n) is 6.46. The highest BCUT2D eigenvalue weighted by Crippen LogP contribution is 2.30. The zero-order valence-corrected chi connectivity index (χ0v) is 13.9. The molecule has 2 nitrogen and oxygen atoms in total. The molecule has 2 unspecified atom stereocenters. The van der Waals surface area contributed by atoms with Gasteiger partial charge in [0.1, 0.15) is 0 Å². The van der Waals surface area contributed by atoms with E-state index in [1.165, 1.54) is 43.2 Å². The predicted octanol–water partition coefficient (Wildman–Crippen LogP) is 4.11. The Kier molecular flexibility index (Phi) is 6.72. The first-order valence-electron chi connectivity index (χ1n) is 8.56. The van der Waals surface area contributed by atoms with Gasteiger partial charge in [-0.15, -0.1) is 0 Å². The van der Waals surface area contributed by atoms with E-state index < -0.39 is 0 Å². The predicted molar refractivity (Wildman–Crippen MR) is 89.7 cm³/mol. The molecule has 0 aromatic heterocycles. The van der Waals surface area contributed by atoms with Crippen molar-refractivity contribution < 1.29 is 4.74 Å². The lowest BCUT2D eigenvalue weighted by atomic mass is 9.81. The molecule has 0 heterocycles. The van der Waals surface area contributed by atoms with E-state index in [1.807, 2.05) is 7.11 Å². The highest BCUT2D eigenvalue weighted by molar-refractivity contribution is 5.23. The Morgan fingerprint density at radius 2 is 2.00 bits per heavy atom. The van der Waals surface area contributed by atoms with E-state index in [-0.39, 0.29) is 0 Å². The van der Waals surface area contributed by atoms with E-state index in [1.54, 1.807) is 0 Å². The number of likely N-dealkylation sites (N-methyl/N-ethyl adjacent to an activating group) is 1. The van der Waals surface area contributed by atoms with E-state index >= 15 is 0 Å². The van der Waals surface area contributed by atoms with Crippen LogP contribution in [0.25, 0.3) is 0 Å². The van der Waals surface area contributed by atoms with E-state index in [0.717, 1.165) is 18.9 Å². The number of aryl methyl sites for hydroxylation is 1. The van der Waals surface area contributed by atoms with Gasteiger partial charge in [0, 0.05) is 13.2 Å². The van der Waals surface area contributed by atoms with Crippen LogP contribution in [-0.2, 0) is 11.2 Å². The number of rotatable bonds is 7. The van der Waals surface area contributed by atoms with Crippen molar-refractivity contribution in [3.63, 3.8) is 0 Å².